The van der Waals surface area contributed by atoms with Crippen molar-refractivity contribution in [2.75, 3.05) is 13.7 Å². The molecule has 5 nitrogen and oxygen atoms in total. The van der Waals surface area contributed by atoms with Gasteiger partial charge >= 0.3 is 0 Å². The number of para-hydroxylation sites is 1. The molecule has 0 saturated heterocycles. The van der Waals surface area contributed by atoms with E-state index in [2.05, 4.69) is 5.32 Å². The highest BCUT2D eigenvalue weighted by Gasteiger charge is 2.19. The van der Waals surface area contributed by atoms with Crippen molar-refractivity contribution in [1.29, 1.82) is 0 Å². The van der Waals surface area contributed by atoms with Crippen LogP contribution in [0.2, 0.25) is 0 Å². The molecular formula is C15H24N2O3. The number of methoxy groups -OCH3 is 1. The lowest BCUT2D eigenvalue weighted by molar-refractivity contribution is -0.127. The number of carbonyl (C=O) groups is 1. The summed E-state index contributed by atoms with van der Waals surface area (Å²) in [6.07, 6.45) is 0.0762. The van der Waals surface area contributed by atoms with Crippen LogP contribution in [0.1, 0.15) is 26.3 Å². The van der Waals surface area contributed by atoms with Gasteiger partial charge in [-0.1, -0.05) is 12.1 Å². The quantitative estimate of drug-likeness (QED) is 0.793. The fraction of sp³-hybridized carbons (Fsp3) is 0.533. The van der Waals surface area contributed by atoms with Gasteiger partial charge in [0.05, 0.1) is 7.11 Å². The third-order valence-electron chi connectivity index (χ3n) is 2.84. The Morgan fingerprint density at radius 2 is 2.10 bits per heavy atom. The molecule has 0 fully saturated rings. The van der Waals surface area contributed by atoms with E-state index < -0.39 is 6.10 Å². The number of nitrogens with two attached hydrogens (primary N) is 1. The summed E-state index contributed by atoms with van der Waals surface area (Å²) in [7, 11) is 1.58. The SMILES string of the molecule is CCNC(=O)C(C)Oc1c(CC(C)N)cccc1OC. The van der Waals surface area contributed by atoms with Gasteiger partial charge in [-0.05, 0) is 38.8 Å². The molecule has 1 aromatic carbocycles. The summed E-state index contributed by atoms with van der Waals surface area (Å²) in [6.45, 7) is 6.09. The van der Waals surface area contributed by atoms with Gasteiger partial charge in [0.1, 0.15) is 0 Å². The zero-order chi connectivity index (χ0) is 15.1. The van der Waals surface area contributed by atoms with Gasteiger partial charge < -0.3 is 20.5 Å². The fourth-order valence-corrected chi connectivity index (χ4v) is 1.91. The van der Waals surface area contributed by atoms with Crippen molar-refractivity contribution in [2.24, 2.45) is 5.73 Å². The molecule has 2 atom stereocenters. The van der Waals surface area contributed by atoms with E-state index in [1.165, 1.54) is 0 Å². The topological polar surface area (TPSA) is 73.6 Å². The number of carbonyl (C=O) groups excluding carboxylic acids is 1. The number of nitrogens with one attached hydrogen (secondary N) is 1. The molecule has 0 aliphatic rings. The van der Waals surface area contributed by atoms with E-state index in [9.17, 15) is 4.79 Å². The summed E-state index contributed by atoms with van der Waals surface area (Å²) in [6, 6.07) is 5.64. The number of hydrogen-bond donors (Lipinski definition) is 2. The molecule has 0 radical (unpaired) electrons. The molecule has 0 aliphatic heterocycles. The van der Waals surface area contributed by atoms with E-state index >= 15 is 0 Å². The van der Waals surface area contributed by atoms with Crippen molar-refractivity contribution in [3.05, 3.63) is 23.8 Å². The van der Waals surface area contributed by atoms with Gasteiger partial charge in [0.15, 0.2) is 17.6 Å². The van der Waals surface area contributed by atoms with Crippen LogP contribution in [0.25, 0.3) is 0 Å². The van der Waals surface area contributed by atoms with Crippen molar-refractivity contribution in [1.82, 2.24) is 5.32 Å². The Hall–Kier alpha value is -1.75. The van der Waals surface area contributed by atoms with Crippen molar-refractivity contribution < 1.29 is 14.3 Å². The third kappa shape index (κ3) is 4.42. The normalized spacial score (nSPS) is 13.4. The predicted octanol–water partition coefficient (Wildman–Crippen LogP) is 1.49. The van der Waals surface area contributed by atoms with Gasteiger partial charge in [-0.15, -0.1) is 0 Å². The van der Waals surface area contributed by atoms with Gasteiger partial charge in [0.2, 0.25) is 0 Å². The van der Waals surface area contributed by atoms with E-state index in [1.54, 1.807) is 14.0 Å². The fourth-order valence-electron chi connectivity index (χ4n) is 1.91. The molecule has 0 aromatic heterocycles. The minimum atomic E-state index is -0.585. The van der Waals surface area contributed by atoms with Crippen molar-refractivity contribution >= 4 is 5.91 Å². The highest BCUT2D eigenvalue weighted by molar-refractivity contribution is 5.80. The summed E-state index contributed by atoms with van der Waals surface area (Å²) in [5, 5.41) is 2.73. The lowest BCUT2D eigenvalue weighted by atomic mass is 10.1. The number of likely N-dealkylation sites (N-methyl/N-ethyl adjacent to an activating group) is 1. The highest BCUT2D eigenvalue weighted by Crippen LogP contribution is 2.32. The molecule has 0 saturated carbocycles. The zero-order valence-electron chi connectivity index (χ0n) is 12.6. The lowest BCUT2D eigenvalue weighted by Gasteiger charge is -2.20. The number of hydrogen-bond acceptors (Lipinski definition) is 4. The summed E-state index contributed by atoms with van der Waals surface area (Å²) in [4.78, 5) is 11.8. The molecule has 1 amide bonds. The zero-order valence-corrected chi connectivity index (χ0v) is 12.6. The second-order valence-electron chi connectivity index (χ2n) is 4.78. The molecule has 3 N–H and O–H groups in total. The molecule has 0 heterocycles. The second kappa shape index (κ2) is 7.75. The van der Waals surface area contributed by atoms with Gasteiger partial charge in [-0.2, -0.15) is 0 Å². The monoisotopic (exact) mass is 280 g/mol. The van der Waals surface area contributed by atoms with E-state index in [1.807, 2.05) is 32.0 Å². The molecule has 0 bridgehead atoms. The molecule has 0 aliphatic carbocycles. The Labute approximate surface area is 120 Å². The van der Waals surface area contributed by atoms with Crippen LogP contribution in [0.15, 0.2) is 18.2 Å². The maximum Gasteiger partial charge on any atom is 0.260 e. The van der Waals surface area contributed by atoms with E-state index in [0.29, 0.717) is 24.5 Å². The summed E-state index contributed by atoms with van der Waals surface area (Å²) < 4.78 is 11.1. The molecule has 1 rings (SSSR count). The first kappa shape index (κ1) is 16.3. The Morgan fingerprint density at radius 3 is 2.65 bits per heavy atom. The van der Waals surface area contributed by atoms with Crippen LogP contribution in [-0.4, -0.2) is 31.7 Å². The number of ether oxygens (including phenoxy) is 2. The standard InChI is InChI=1S/C15H24N2O3/c1-5-17-15(18)11(3)20-14-12(9-10(2)16)7-6-8-13(14)19-4/h6-8,10-11H,5,9,16H2,1-4H3,(H,17,18). The summed E-state index contributed by atoms with van der Waals surface area (Å²) in [5.41, 5.74) is 6.79. The highest BCUT2D eigenvalue weighted by atomic mass is 16.5. The van der Waals surface area contributed by atoms with Crippen LogP contribution in [-0.2, 0) is 11.2 Å². The van der Waals surface area contributed by atoms with Crippen LogP contribution in [0.3, 0.4) is 0 Å². The molecule has 2 unspecified atom stereocenters. The average Bonchev–Trinajstić information content (AvgIpc) is 2.40. The first-order valence-electron chi connectivity index (χ1n) is 6.85. The van der Waals surface area contributed by atoms with Crippen LogP contribution >= 0.6 is 0 Å². The number of benzene rings is 1. The number of amides is 1. The first-order valence-corrected chi connectivity index (χ1v) is 6.85. The van der Waals surface area contributed by atoms with Gasteiger partial charge in [-0.3, -0.25) is 4.79 Å². The molecule has 112 valence electrons. The molecular weight excluding hydrogens is 256 g/mol. The Balaban J connectivity index is 2.98. The van der Waals surface area contributed by atoms with Gasteiger partial charge in [0, 0.05) is 12.6 Å². The maximum absolute atomic E-state index is 11.8. The summed E-state index contributed by atoms with van der Waals surface area (Å²) in [5.74, 6) is 1.05. The smallest absolute Gasteiger partial charge is 0.260 e. The summed E-state index contributed by atoms with van der Waals surface area (Å²) >= 11 is 0. The minimum absolute atomic E-state index is 0.00392. The molecule has 1 aromatic rings. The van der Waals surface area contributed by atoms with Gasteiger partial charge in [-0.25, -0.2) is 0 Å². The maximum atomic E-state index is 11.8. The predicted molar refractivity (Wildman–Crippen MR) is 79.1 cm³/mol. The third-order valence-corrected chi connectivity index (χ3v) is 2.84. The first-order chi connectivity index (χ1) is 9.49. The van der Waals surface area contributed by atoms with Crippen LogP contribution < -0.4 is 20.5 Å². The minimum Gasteiger partial charge on any atom is -0.493 e. The second-order valence-corrected chi connectivity index (χ2v) is 4.78. The van der Waals surface area contributed by atoms with E-state index in [-0.39, 0.29) is 11.9 Å². The van der Waals surface area contributed by atoms with Crippen LogP contribution in [0.4, 0.5) is 0 Å². The van der Waals surface area contributed by atoms with Crippen molar-refractivity contribution in [3.8, 4) is 11.5 Å². The van der Waals surface area contributed by atoms with E-state index in [4.69, 9.17) is 15.2 Å². The number of rotatable bonds is 7. The molecule has 0 spiro atoms. The van der Waals surface area contributed by atoms with Crippen molar-refractivity contribution in [2.45, 2.75) is 39.3 Å². The lowest BCUT2D eigenvalue weighted by Crippen LogP contribution is -2.36. The Morgan fingerprint density at radius 1 is 1.40 bits per heavy atom. The van der Waals surface area contributed by atoms with Gasteiger partial charge in [0.25, 0.3) is 5.91 Å². The largest absolute Gasteiger partial charge is 0.493 e. The Kier molecular flexibility index (Phi) is 6.31. The van der Waals surface area contributed by atoms with E-state index in [0.717, 1.165) is 5.56 Å². The van der Waals surface area contributed by atoms with Crippen LogP contribution in [0, 0.1) is 0 Å². The molecule has 20 heavy (non-hydrogen) atoms. The Bertz CT molecular complexity index is 447. The average molecular weight is 280 g/mol. The molecule has 5 heteroatoms. The van der Waals surface area contributed by atoms with Crippen molar-refractivity contribution in [3.63, 3.8) is 0 Å². The van der Waals surface area contributed by atoms with Crippen LogP contribution in [0.5, 0.6) is 11.5 Å².